The van der Waals surface area contributed by atoms with Crippen LogP contribution < -0.4 is 15.1 Å². The predicted octanol–water partition coefficient (Wildman–Crippen LogP) is 3.88. The summed E-state index contributed by atoms with van der Waals surface area (Å²) in [5.41, 5.74) is -0.148. The van der Waals surface area contributed by atoms with Gasteiger partial charge in [-0.2, -0.15) is 31.6 Å². The molecule has 0 bridgehead atoms. The van der Waals surface area contributed by atoms with Gasteiger partial charge in [-0.05, 0) is 37.0 Å². The SMILES string of the molecule is N#CCCN1CCN(c2cc(N3CCCC3C(=O)NCCc3ccc(C(F)(F)F)cc3)nc(C(F)(F)F)n2)CC1. The second-order valence-corrected chi connectivity index (χ2v) is 9.73. The van der Waals surface area contributed by atoms with Crippen LogP contribution in [0, 0.1) is 11.3 Å². The van der Waals surface area contributed by atoms with E-state index in [1.807, 2.05) is 0 Å². The average Bonchev–Trinajstić information content (AvgIpc) is 3.42. The van der Waals surface area contributed by atoms with Crippen LogP contribution in [0.25, 0.3) is 0 Å². The molecular formula is C26H29F6N7O. The third-order valence-electron chi connectivity index (χ3n) is 7.03. The molecule has 3 heterocycles. The standard InChI is InChI=1S/C26H29F6N7O/c27-25(28,29)19-6-4-18(5-7-19)8-10-34-23(40)20-3-1-12-39(20)22-17-21(35-24(36-22)26(30,31)32)38-15-13-37(14-16-38)11-2-9-33/h4-7,17,20H,1-3,8,10-16H2,(H,34,40). The van der Waals surface area contributed by atoms with Crippen molar-refractivity contribution < 1.29 is 31.1 Å². The Hall–Kier alpha value is -3.60. The van der Waals surface area contributed by atoms with Gasteiger partial charge in [-0.15, -0.1) is 0 Å². The van der Waals surface area contributed by atoms with Crippen molar-refractivity contribution in [1.29, 1.82) is 5.26 Å². The fourth-order valence-electron chi connectivity index (χ4n) is 4.89. The molecule has 216 valence electrons. The van der Waals surface area contributed by atoms with E-state index in [0.29, 0.717) is 70.5 Å². The summed E-state index contributed by atoms with van der Waals surface area (Å²) in [5.74, 6) is -1.51. The van der Waals surface area contributed by atoms with Crippen molar-refractivity contribution in [3.8, 4) is 6.07 Å². The Kier molecular flexibility index (Phi) is 9.02. The summed E-state index contributed by atoms with van der Waals surface area (Å²) in [4.78, 5) is 25.9. The minimum absolute atomic E-state index is 0.0182. The van der Waals surface area contributed by atoms with Gasteiger partial charge in [0, 0.05) is 58.3 Å². The summed E-state index contributed by atoms with van der Waals surface area (Å²) in [6.45, 7) is 3.13. The molecule has 1 atom stereocenters. The second kappa shape index (κ2) is 12.3. The van der Waals surface area contributed by atoms with Crippen molar-refractivity contribution in [2.75, 3.05) is 55.6 Å². The van der Waals surface area contributed by atoms with Gasteiger partial charge in [-0.3, -0.25) is 9.69 Å². The van der Waals surface area contributed by atoms with Crippen molar-refractivity contribution in [3.05, 3.63) is 47.3 Å². The van der Waals surface area contributed by atoms with Gasteiger partial charge in [0.15, 0.2) is 0 Å². The highest BCUT2D eigenvalue weighted by Crippen LogP contribution is 2.33. The quantitative estimate of drug-likeness (QED) is 0.483. The molecule has 2 saturated heterocycles. The molecule has 4 rings (SSSR count). The van der Waals surface area contributed by atoms with E-state index in [4.69, 9.17) is 5.26 Å². The fourth-order valence-corrected chi connectivity index (χ4v) is 4.89. The lowest BCUT2D eigenvalue weighted by Crippen LogP contribution is -2.47. The maximum Gasteiger partial charge on any atom is 0.451 e. The van der Waals surface area contributed by atoms with Crippen LogP contribution in [0.2, 0.25) is 0 Å². The van der Waals surface area contributed by atoms with Crippen LogP contribution in [-0.2, 0) is 23.6 Å². The van der Waals surface area contributed by atoms with Crippen molar-refractivity contribution in [3.63, 3.8) is 0 Å². The van der Waals surface area contributed by atoms with E-state index in [2.05, 4.69) is 26.3 Å². The maximum absolute atomic E-state index is 13.7. The number of amides is 1. The molecule has 0 spiro atoms. The van der Waals surface area contributed by atoms with Crippen LogP contribution in [0.1, 0.15) is 36.2 Å². The summed E-state index contributed by atoms with van der Waals surface area (Å²) < 4.78 is 79.5. The summed E-state index contributed by atoms with van der Waals surface area (Å²) in [6.07, 6.45) is -7.54. The van der Waals surface area contributed by atoms with Crippen LogP contribution in [0.3, 0.4) is 0 Å². The van der Waals surface area contributed by atoms with Crippen molar-refractivity contribution >= 4 is 17.5 Å². The molecule has 2 aromatic rings. The number of alkyl halides is 6. The topological polar surface area (TPSA) is 88.4 Å². The molecular weight excluding hydrogens is 540 g/mol. The second-order valence-electron chi connectivity index (χ2n) is 9.73. The van der Waals surface area contributed by atoms with Gasteiger partial charge >= 0.3 is 12.4 Å². The Morgan fingerprint density at radius 3 is 2.27 bits per heavy atom. The molecule has 0 saturated carbocycles. The van der Waals surface area contributed by atoms with Crippen molar-refractivity contribution in [1.82, 2.24) is 20.2 Å². The van der Waals surface area contributed by atoms with E-state index >= 15 is 0 Å². The molecule has 14 heteroatoms. The highest BCUT2D eigenvalue weighted by Gasteiger charge is 2.39. The largest absolute Gasteiger partial charge is 0.451 e. The lowest BCUT2D eigenvalue weighted by molar-refractivity contribution is -0.144. The number of nitrogens with zero attached hydrogens (tertiary/aromatic N) is 6. The van der Waals surface area contributed by atoms with Crippen molar-refractivity contribution in [2.24, 2.45) is 0 Å². The number of benzene rings is 1. The number of nitrogens with one attached hydrogen (secondary N) is 1. The monoisotopic (exact) mass is 569 g/mol. The number of hydrogen-bond donors (Lipinski definition) is 1. The molecule has 2 aliphatic heterocycles. The van der Waals surface area contributed by atoms with Crippen LogP contribution >= 0.6 is 0 Å². The molecule has 1 aromatic heterocycles. The molecule has 2 aliphatic rings. The normalized spacial score (nSPS) is 18.6. The summed E-state index contributed by atoms with van der Waals surface area (Å²) in [7, 11) is 0. The number of nitriles is 1. The fraction of sp³-hybridized carbons (Fsp3) is 0.538. The predicted molar refractivity (Wildman–Crippen MR) is 134 cm³/mol. The first-order valence-electron chi connectivity index (χ1n) is 13.0. The lowest BCUT2D eigenvalue weighted by atomic mass is 10.1. The van der Waals surface area contributed by atoms with Crippen LogP contribution in [0.15, 0.2) is 30.3 Å². The van der Waals surface area contributed by atoms with Gasteiger partial charge in [0.05, 0.1) is 11.6 Å². The highest BCUT2D eigenvalue weighted by molar-refractivity contribution is 5.85. The van der Waals surface area contributed by atoms with Crippen LogP contribution in [0.4, 0.5) is 38.0 Å². The van der Waals surface area contributed by atoms with E-state index in [1.165, 1.54) is 18.2 Å². The Bertz CT molecular complexity index is 1200. The van der Waals surface area contributed by atoms with Gasteiger partial charge in [-0.25, -0.2) is 9.97 Å². The minimum atomic E-state index is -4.78. The van der Waals surface area contributed by atoms with Gasteiger partial charge < -0.3 is 15.1 Å². The molecule has 1 aromatic carbocycles. The molecule has 8 nitrogen and oxygen atoms in total. The molecule has 1 N–H and O–H groups in total. The molecule has 0 aliphatic carbocycles. The lowest BCUT2D eigenvalue weighted by Gasteiger charge is -2.35. The van der Waals surface area contributed by atoms with Gasteiger partial charge in [0.25, 0.3) is 0 Å². The van der Waals surface area contributed by atoms with Gasteiger partial charge in [0.1, 0.15) is 17.7 Å². The van der Waals surface area contributed by atoms with E-state index in [1.54, 1.807) is 9.80 Å². The van der Waals surface area contributed by atoms with E-state index in [9.17, 15) is 31.1 Å². The summed E-state index contributed by atoms with van der Waals surface area (Å²) in [5, 5.41) is 11.5. The number of aromatic nitrogens is 2. The summed E-state index contributed by atoms with van der Waals surface area (Å²) in [6, 6.07) is 7.48. The zero-order valence-corrected chi connectivity index (χ0v) is 21.6. The van der Waals surface area contributed by atoms with E-state index in [-0.39, 0.29) is 24.1 Å². The Balaban J connectivity index is 1.43. The number of anilines is 2. The number of halogens is 6. The van der Waals surface area contributed by atoms with Gasteiger partial charge in [-0.1, -0.05) is 12.1 Å². The first kappa shape index (κ1) is 29.4. The molecule has 1 unspecified atom stereocenters. The van der Waals surface area contributed by atoms with Crippen LogP contribution in [0.5, 0.6) is 0 Å². The zero-order valence-electron chi connectivity index (χ0n) is 21.6. The Labute approximate surface area is 227 Å². The molecule has 1 amide bonds. The van der Waals surface area contributed by atoms with Crippen molar-refractivity contribution in [2.45, 2.75) is 44.1 Å². The minimum Gasteiger partial charge on any atom is -0.354 e. The zero-order chi connectivity index (χ0) is 28.9. The molecule has 2 fully saturated rings. The van der Waals surface area contributed by atoms with E-state index < -0.39 is 29.8 Å². The Morgan fingerprint density at radius 2 is 1.65 bits per heavy atom. The third kappa shape index (κ3) is 7.32. The molecule has 0 radical (unpaired) electrons. The Morgan fingerprint density at radius 1 is 0.975 bits per heavy atom. The summed E-state index contributed by atoms with van der Waals surface area (Å²) >= 11 is 0. The average molecular weight is 570 g/mol. The van der Waals surface area contributed by atoms with Crippen LogP contribution in [-0.4, -0.2) is 72.6 Å². The third-order valence-corrected chi connectivity index (χ3v) is 7.03. The highest BCUT2D eigenvalue weighted by atomic mass is 19.4. The smallest absolute Gasteiger partial charge is 0.354 e. The number of piperazine rings is 1. The van der Waals surface area contributed by atoms with E-state index in [0.717, 1.165) is 12.1 Å². The van der Waals surface area contributed by atoms with Gasteiger partial charge in [0.2, 0.25) is 11.7 Å². The maximum atomic E-state index is 13.7. The number of carbonyl (C=O) groups is 1. The number of rotatable bonds is 8. The first-order valence-corrected chi connectivity index (χ1v) is 13.0. The number of hydrogen-bond acceptors (Lipinski definition) is 7. The first-order chi connectivity index (χ1) is 19.0. The number of carbonyl (C=O) groups excluding carboxylic acids is 1. The molecule has 40 heavy (non-hydrogen) atoms.